The van der Waals surface area contributed by atoms with Crippen molar-refractivity contribution in [3.8, 4) is 0 Å². The third kappa shape index (κ3) is 5.51. The maximum Gasteiger partial charge on any atom is 0.241 e. The molecule has 0 bridgehead atoms. The van der Waals surface area contributed by atoms with E-state index in [2.05, 4.69) is 19.6 Å². The SMILES string of the molecule is Cc1ccc(S(=O)(=O)NC(CC(C)C)C(=O)N2CCN(c3nc4cccnc4s3)CC2)cc1. The predicted octanol–water partition coefficient (Wildman–Crippen LogP) is 3.04. The van der Waals surface area contributed by atoms with Gasteiger partial charge in [0, 0.05) is 32.4 Å². The summed E-state index contributed by atoms with van der Waals surface area (Å²) in [6, 6.07) is 9.66. The van der Waals surface area contributed by atoms with Gasteiger partial charge in [0.1, 0.15) is 16.4 Å². The normalized spacial score (nSPS) is 15.9. The van der Waals surface area contributed by atoms with Gasteiger partial charge in [0.2, 0.25) is 15.9 Å². The summed E-state index contributed by atoms with van der Waals surface area (Å²) in [7, 11) is -3.80. The Labute approximate surface area is 198 Å². The van der Waals surface area contributed by atoms with Gasteiger partial charge in [-0.2, -0.15) is 4.72 Å². The molecule has 1 unspecified atom stereocenters. The van der Waals surface area contributed by atoms with Crippen LogP contribution in [0.3, 0.4) is 0 Å². The van der Waals surface area contributed by atoms with Crippen LogP contribution in [0.5, 0.6) is 0 Å². The Morgan fingerprint density at radius 3 is 2.45 bits per heavy atom. The molecule has 1 N–H and O–H groups in total. The first kappa shape index (κ1) is 23.6. The molecule has 10 heteroatoms. The van der Waals surface area contributed by atoms with Crippen LogP contribution in [-0.2, 0) is 14.8 Å². The Bertz CT molecular complexity index is 1180. The molecule has 0 aliphatic carbocycles. The van der Waals surface area contributed by atoms with E-state index < -0.39 is 16.1 Å². The summed E-state index contributed by atoms with van der Waals surface area (Å²) in [6.45, 7) is 8.19. The fourth-order valence-corrected chi connectivity index (χ4v) is 6.04. The molecule has 1 atom stereocenters. The van der Waals surface area contributed by atoms with Crippen LogP contribution in [0.2, 0.25) is 0 Å². The first-order chi connectivity index (χ1) is 15.7. The molecule has 1 aromatic carbocycles. The summed E-state index contributed by atoms with van der Waals surface area (Å²) in [6.07, 6.45) is 2.20. The zero-order valence-electron chi connectivity index (χ0n) is 19.1. The minimum atomic E-state index is -3.80. The largest absolute Gasteiger partial charge is 0.344 e. The lowest BCUT2D eigenvalue weighted by Crippen LogP contribution is -2.55. The number of pyridine rings is 1. The van der Waals surface area contributed by atoms with E-state index in [9.17, 15) is 13.2 Å². The molecule has 0 saturated carbocycles. The Hall–Kier alpha value is -2.56. The number of fused-ring (bicyclic) bond motifs is 1. The van der Waals surface area contributed by atoms with Crippen LogP contribution in [0, 0.1) is 12.8 Å². The zero-order chi connectivity index (χ0) is 23.6. The standard InChI is InChI=1S/C23H29N5O3S2/c1-16(2)15-20(26-33(30,31)18-8-6-17(3)7-9-18)22(29)27-11-13-28(14-12-27)23-25-19-5-4-10-24-21(19)32-23/h4-10,16,20,26H,11-15H2,1-3H3. The van der Waals surface area contributed by atoms with Gasteiger partial charge in [0.05, 0.1) is 4.90 Å². The molecule has 1 aliphatic heterocycles. The number of benzene rings is 1. The van der Waals surface area contributed by atoms with Crippen molar-refractivity contribution in [1.29, 1.82) is 0 Å². The van der Waals surface area contributed by atoms with Crippen molar-refractivity contribution in [3.63, 3.8) is 0 Å². The second kappa shape index (κ2) is 9.74. The lowest BCUT2D eigenvalue weighted by Gasteiger charge is -2.36. The Kier molecular flexibility index (Phi) is 6.96. The van der Waals surface area contributed by atoms with E-state index >= 15 is 0 Å². The maximum absolute atomic E-state index is 13.3. The molecule has 0 spiro atoms. The number of nitrogens with zero attached hydrogens (tertiary/aromatic N) is 4. The molecule has 3 heterocycles. The first-order valence-electron chi connectivity index (χ1n) is 11.1. The minimum Gasteiger partial charge on any atom is -0.344 e. The van der Waals surface area contributed by atoms with Crippen LogP contribution in [0.25, 0.3) is 10.3 Å². The molecule has 176 valence electrons. The lowest BCUT2D eigenvalue weighted by atomic mass is 10.0. The van der Waals surface area contributed by atoms with Gasteiger partial charge >= 0.3 is 0 Å². The Morgan fingerprint density at radius 2 is 1.82 bits per heavy atom. The van der Waals surface area contributed by atoms with Crippen molar-refractivity contribution in [1.82, 2.24) is 19.6 Å². The van der Waals surface area contributed by atoms with Crippen molar-refractivity contribution in [3.05, 3.63) is 48.2 Å². The molecular formula is C23H29N5O3S2. The van der Waals surface area contributed by atoms with Gasteiger partial charge in [-0.05, 0) is 43.5 Å². The Balaban J connectivity index is 1.44. The number of sulfonamides is 1. The number of aromatic nitrogens is 2. The Morgan fingerprint density at radius 1 is 1.12 bits per heavy atom. The molecule has 8 nitrogen and oxygen atoms in total. The fourth-order valence-electron chi connectivity index (χ4n) is 3.88. The molecule has 1 aliphatic rings. The van der Waals surface area contributed by atoms with Gasteiger partial charge in [-0.1, -0.05) is 42.9 Å². The zero-order valence-corrected chi connectivity index (χ0v) is 20.7. The number of rotatable bonds is 7. The first-order valence-corrected chi connectivity index (χ1v) is 13.4. The predicted molar refractivity (Wildman–Crippen MR) is 131 cm³/mol. The highest BCUT2D eigenvalue weighted by Gasteiger charge is 2.32. The van der Waals surface area contributed by atoms with Crippen LogP contribution in [0.15, 0.2) is 47.5 Å². The summed E-state index contributed by atoms with van der Waals surface area (Å²) in [5.74, 6) is -0.0128. The summed E-state index contributed by atoms with van der Waals surface area (Å²) in [4.78, 5) is 27.3. The summed E-state index contributed by atoms with van der Waals surface area (Å²) in [5, 5.41) is 0.898. The van der Waals surface area contributed by atoms with Gasteiger partial charge in [0.25, 0.3) is 0 Å². The van der Waals surface area contributed by atoms with Crippen molar-refractivity contribution in [2.45, 2.75) is 38.1 Å². The van der Waals surface area contributed by atoms with Gasteiger partial charge in [-0.25, -0.2) is 18.4 Å². The van der Waals surface area contributed by atoms with E-state index in [0.717, 1.165) is 21.0 Å². The van der Waals surface area contributed by atoms with Gasteiger partial charge < -0.3 is 9.80 Å². The third-order valence-electron chi connectivity index (χ3n) is 5.65. The number of anilines is 1. The van der Waals surface area contributed by atoms with E-state index in [1.165, 1.54) is 0 Å². The molecular weight excluding hydrogens is 458 g/mol. The topological polar surface area (TPSA) is 95.5 Å². The van der Waals surface area contributed by atoms with Crippen LogP contribution in [-0.4, -0.2) is 61.4 Å². The molecule has 1 fully saturated rings. The van der Waals surface area contributed by atoms with Crippen LogP contribution in [0.1, 0.15) is 25.8 Å². The highest BCUT2D eigenvalue weighted by Crippen LogP contribution is 2.28. The number of carbonyl (C=O) groups is 1. The molecule has 1 saturated heterocycles. The van der Waals surface area contributed by atoms with Crippen molar-refractivity contribution >= 4 is 42.7 Å². The number of aryl methyl sites for hydroxylation is 1. The molecule has 2 aromatic heterocycles. The number of hydrogen-bond acceptors (Lipinski definition) is 7. The number of nitrogens with one attached hydrogen (secondary N) is 1. The van der Waals surface area contributed by atoms with Gasteiger partial charge in [-0.3, -0.25) is 4.79 Å². The summed E-state index contributed by atoms with van der Waals surface area (Å²) < 4.78 is 28.6. The smallest absolute Gasteiger partial charge is 0.241 e. The van der Waals surface area contributed by atoms with E-state index in [1.807, 2.05) is 32.9 Å². The molecule has 4 rings (SSSR count). The molecule has 33 heavy (non-hydrogen) atoms. The monoisotopic (exact) mass is 487 g/mol. The number of piperazine rings is 1. The van der Waals surface area contributed by atoms with Crippen LogP contribution >= 0.6 is 11.3 Å². The number of carbonyl (C=O) groups excluding carboxylic acids is 1. The average molecular weight is 488 g/mol. The quantitative estimate of drug-likeness (QED) is 0.550. The summed E-state index contributed by atoms with van der Waals surface area (Å²) >= 11 is 1.54. The maximum atomic E-state index is 13.3. The van der Waals surface area contributed by atoms with E-state index in [0.29, 0.717) is 32.6 Å². The van der Waals surface area contributed by atoms with Crippen LogP contribution in [0.4, 0.5) is 5.13 Å². The average Bonchev–Trinajstić information content (AvgIpc) is 3.22. The van der Waals surface area contributed by atoms with E-state index in [4.69, 9.17) is 0 Å². The third-order valence-corrected chi connectivity index (χ3v) is 8.18. The lowest BCUT2D eigenvalue weighted by molar-refractivity contribution is -0.133. The van der Waals surface area contributed by atoms with Crippen molar-refractivity contribution in [2.24, 2.45) is 5.92 Å². The second-order valence-electron chi connectivity index (χ2n) is 8.75. The van der Waals surface area contributed by atoms with Gasteiger partial charge in [0.15, 0.2) is 5.13 Å². The summed E-state index contributed by atoms with van der Waals surface area (Å²) in [5.41, 5.74) is 1.85. The number of hydrogen-bond donors (Lipinski definition) is 1. The fraction of sp³-hybridized carbons (Fsp3) is 0.435. The molecule has 1 amide bonds. The molecule has 0 radical (unpaired) electrons. The number of thiazole rings is 1. The number of amides is 1. The minimum absolute atomic E-state index is 0.163. The molecule has 3 aromatic rings. The van der Waals surface area contributed by atoms with E-state index in [1.54, 1.807) is 46.7 Å². The van der Waals surface area contributed by atoms with Crippen molar-refractivity contribution < 1.29 is 13.2 Å². The second-order valence-corrected chi connectivity index (χ2v) is 11.4. The van der Waals surface area contributed by atoms with Gasteiger partial charge in [-0.15, -0.1) is 0 Å². The van der Waals surface area contributed by atoms with E-state index in [-0.39, 0.29) is 16.7 Å². The highest BCUT2D eigenvalue weighted by atomic mass is 32.2. The van der Waals surface area contributed by atoms with Crippen molar-refractivity contribution in [2.75, 3.05) is 31.1 Å². The van der Waals surface area contributed by atoms with Crippen LogP contribution < -0.4 is 9.62 Å². The highest BCUT2D eigenvalue weighted by molar-refractivity contribution is 7.89.